The quantitative estimate of drug-likeness (QED) is 0.372. The SMILES string of the molecule is CCCCCCCCCCCC(=O)C1CC2COCC(C1)N2Cc1ccccc1. The van der Waals surface area contributed by atoms with Gasteiger partial charge in [-0.05, 0) is 24.8 Å². The number of ketones is 1. The number of nitrogens with zero attached hydrogens (tertiary/aromatic N) is 1. The van der Waals surface area contributed by atoms with Crippen LogP contribution in [0.4, 0.5) is 0 Å². The fourth-order valence-corrected chi connectivity index (χ4v) is 5.12. The van der Waals surface area contributed by atoms with E-state index in [9.17, 15) is 4.79 Å². The van der Waals surface area contributed by atoms with Crippen LogP contribution in [0.2, 0.25) is 0 Å². The smallest absolute Gasteiger partial charge is 0.136 e. The lowest BCUT2D eigenvalue weighted by Crippen LogP contribution is -2.57. The number of piperidine rings is 1. The van der Waals surface area contributed by atoms with Crippen molar-refractivity contribution in [3.63, 3.8) is 0 Å². The molecule has 0 aromatic heterocycles. The molecule has 2 fully saturated rings. The summed E-state index contributed by atoms with van der Waals surface area (Å²) in [7, 11) is 0. The number of ether oxygens (including phenoxy) is 1. The molecule has 1 aromatic carbocycles. The molecule has 0 amide bonds. The van der Waals surface area contributed by atoms with Crippen molar-refractivity contribution in [3.8, 4) is 0 Å². The summed E-state index contributed by atoms with van der Waals surface area (Å²) in [6, 6.07) is 11.5. The number of hydrogen-bond acceptors (Lipinski definition) is 3. The van der Waals surface area contributed by atoms with Crippen molar-refractivity contribution in [1.29, 1.82) is 0 Å². The van der Waals surface area contributed by atoms with Crippen LogP contribution in [0.15, 0.2) is 30.3 Å². The van der Waals surface area contributed by atoms with E-state index in [2.05, 4.69) is 42.2 Å². The number of benzene rings is 1. The molecule has 0 spiro atoms. The highest BCUT2D eigenvalue weighted by Gasteiger charge is 2.40. The number of rotatable bonds is 13. The molecule has 0 saturated carbocycles. The summed E-state index contributed by atoms with van der Waals surface area (Å²) in [4.78, 5) is 15.4. The lowest BCUT2D eigenvalue weighted by Gasteiger charge is -2.48. The van der Waals surface area contributed by atoms with Crippen LogP contribution in [0.1, 0.15) is 89.5 Å². The summed E-state index contributed by atoms with van der Waals surface area (Å²) >= 11 is 0. The van der Waals surface area contributed by atoms with Crippen LogP contribution in [0, 0.1) is 5.92 Å². The third kappa shape index (κ3) is 7.22. The second-order valence-corrected chi connectivity index (χ2v) is 9.22. The van der Waals surface area contributed by atoms with E-state index in [0.717, 1.165) is 45.4 Å². The molecule has 3 heteroatoms. The van der Waals surface area contributed by atoms with Crippen molar-refractivity contribution >= 4 is 5.78 Å². The molecule has 2 saturated heterocycles. The second-order valence-electron chi connectivity index (χ2n) is 9.22. The Bertz CT molecular complexity index is 574. The van der Waals surface area contributed by atoms with E-state index in [-0.39, 0.29) is 5.92 Å². The monoisotopic (exact) mass is 399 g/mol. The maximum absolute atomic E-state index is 12.8. The lowest BCUT2D eigenvalue weighted by atomic mass is 9.81. The maximum atomic E-state index is 12.8. The molecule has 1 aromatic rings. The third-order valence-electron chi connectivity index (χ3n) is 6.86. The van der Waals surface area contributed by atoms with Gasteiger partial charge in [0.15, 0.2) is 0 Å². The maximum Gasteiger partial charge on any atom is 0.136 e. The molecular formula is C26H41NO2. The Morgan fingerprint density at radius 2 is 1.48 bits per heavy atom. The van der Waals surface area contributed by atoms with Gasteiger partial charge in [-0.15, -0.1) is 0 Å². The molecule has 2 aliphatic rings. The summed E-state index contributed by atoms with van der Waals surface area (Å²) in [6.07, 6.45) is 14.6. The zero-order valence-corrected chi connectivity index (χ0v) is 18.5. The molecule has 2 heterocycles. The van der Waals surface area contributed by atoms with Crippen LogP contribution in [0.25, 0.3) is 0 Å². The van der Waals surface area contributed by atoms with Crippen molar-refractivity contribution in [2.45, 2.75) is 103 Å². The molecule has 0 N–H and O–H groups in total. The van der Waals surface area contributed by atoms with Gasteiger partial charge < -0.3 is 4.74 Å². The lowest BCUT2D eigenvalue weighted by molar-refractivity contribution is -0.133. The van der Waals surface area contributed by atoms with E-state index in [1.165, 1.54) is 56.9 Å². The van der Waals surface area contributed by atoms with E-state index in [0.29, 0.717) is 17.9 Å². The predicted molar refractivity (Wildman–Crippen MR) is 120 cm³/mol. The number of carbonyl (C=O) groups excluding carboxylic acids is 1. The summed E-state index contributed by atoms with van der Waals surface area (Å²) in [5, 5.41) is 0. The van der Waals surface area contributed by atoms with E-state index < -0.39 is 0 Å². The minimum atomic E-state index is 0.259. The largest absolute Gasteiger partial charge is 0.378 e. The van der Waals surface area contributed by atoms with Crippen molar-refractivity contribution in [2.75, 3.05) is 13.2 Å². The highest BCUT2D eigenvalue weighted by Crippen LogP contribution is 2.34. The Balaban J connectivity index is 1.35. The van der Waals surface area contributed by atoms with Crippen LogP contribution in [-0.4, -0.2) is 36.0 Å². The standard InChI is InChI=1S/C26H41NO2/c1-2-3-4-5-6-7-8-9-13-16-26(28)23-17-24-20-29-21-25(18-23)27(24)19-22-14-11-10-12-15-22/h10-12,14-15,23-25H,2-9,13,16-21H2,1H3. The summed E-state index contributed by atoms with van der Waals surface area (Å²) in [5.41, 5.74) is 1.36. The Labute approximate surface area is 178 Å². The Morgan fingerprint density at radius 1 is 0.897 bits per heavy atom. The molecule has 3 rings (SSSR count). The number of fused-ring (bicyclic) bond motifs is 2. The van der Waals surface area contributed by atoms with Gasteiger partial charge in [0.2, 0.25) is 0 Å². The van der Waals surface area contributed by atoms with Gasteiger partial charge in [-0.3, -0.25) is 9.69 Å². The molecule has 29 heavy (non-hydrogen) atoms. The summed E-state index contributed by atoms with van der Waals surface area (Å²) < 4.78 is 5.84. The van der Waals surface area contributed by atoms with Crippen LogP contribution in [-0.2, 0) is 16.1 Å². The molecule has 2 unspecified atom stereocenters. The first-order valence-electron chi connectivity index (χ1n) is 12.2. The van der Waals surface area contributed by atoms with Gasteiger partial charge in [0, 0.05) is 31.0 Å². The molecular weight excluding hydrogens is 358 g/mol. The Morgan fingerprint density at radius 3 is 2.10 bits per heavy atom. The number of carbonyl (C=O) groups is 1. The second kappa shape index (κ2) is 12.5. The van der Waals surface area contributed by atoms with Gasteiger partial charge in [-0.2, -0.15) is 0 Å². The summed E-state index contributed by atoms with van der Waals surface area (Å²) in [6.45, 7) is 4.82. The van der Waals surface area contributed by atoms with Gasteiger partial charge in [-0.1, -0.05) is 88.6 Å². The van der Waals surface area contributed by atoms with Crippen molar-refractivity contribution in [2.24, 2.45) is 5.92 Å². The minimum Gasteiger partial charge on any atom is -0.378 e. The number of morpholine rings is 1. The molecule has 3 nitrogen and oxygen atoms in total. The van der Waals surface area contributed by atoms with Crippen molar-refractivity contribution in [1.82, 2.24) is 4.90 Å². The van der Waals surface area contributed by atoms with Crippen LogP contribution in [0.5, 0.6) is 0 Å². The normalized spacial score (nSPS) is 24.5. The fraction of sp³-hybridized carbons (Fsp3) is 0.731. The van der Waals surface area contributed by atoms with Gasteiger partial charge in [0.05, 0.1) is 13.2 Å². The highest BCUT2D eigenvalue weighted by atomic mass is 16.5. The number of Topliss-reactive ketones (excluding diaryl/α,β-unsaturated/α-hetero) is 1. The van der Waals surface area contributed by atoms with Crippen LogP contribution in [0.3, 0.4) is 0 Å². The zero-order valence-electron chi connectivity index (χ0n) is 18.5. The van der Waals surface area contributed by atoms with Gasteiger partial charge in [0.25, 0.3) is 0 Å². The van der Waals surface area contributed by atoms with E-state index in [1.807, 2.05) is 0 Å². The fourth-order valence-electron chi connectivity index (χ4n) is 5.12. The van der Waals surface area contributed by atoms with E-state index in [4.69, 9.17) is 4.74 Å². The van der Waals surface area contributed by atoms with E-state index >= 15 is 0 Å². The molecule has 0 aliphatic carbocycles. The van der Waals surface area contributed by atoms with Gasteiger partial charge in [-0.25, -0.2) is 0 Å². The first kappa shape index (κ1) is 22.5. The van der Waals surface area contributed by atoms with Gasteiger partial charge >= 0.3 is 0 Å². The average Bonchev–Trinajstić information content (AvgIpc) is 2.73. The third-order valence-corrected chi connectivity index (χ3v) is 6.86. The predicted octanol–water partition coefficient (Wildman–Crippen LogP) is 6.16. The zero-order chi connectivity index (χ0) is 20.3. The first-order valence-corrected chi connectivity index (χ1v) is 12.2. The summed E-state index contributed by atoms with van der Waals surface area (Å²) in [5.74, 6) is 0.777. The Kier molecular flexibility index (Phi) is 9.69. The highest BCUT2D eigenvalue weighted by molar-refractivity contribution is 5.81. The minimum absolute atomic E-state index is 0.259. The molecule has 0 radical (unpaired) electrons. The van der Waals surface area contributed by atoms with E-state index in [1.54, 1.807) is 0 Å². The first-order chi connectivity index (χ1) is 14.3. The van der Waals surface area contributed by atoms with Crippen LogP contribution < -0.4 is 0 Å². The average molecular weight is 400 g/mol. The number of unbranched alkanes of at least 4 members (excludes halogenated alkanes) is 8. The molecule has 2 bridgehead atoms. The molecule has 2 aliphatic heterocycles. The van der Waals surface area contributed by atoms with Gasteiger partial charge in [0.1, 0.15) is 5.78 Å². The number of hydrogen-bond donors (Lipinski definition) is 0. The topological polar surface area (TPSA) is 29.5 Å². The van der Waals surface area contributed by atoms with Crippen LogP contribution >= 0.6 is 0 Å². The molecule has 2 atom stereocenters. The van der Waals surface area contributed by atoms with Crippen molar-refractivity contribution in [3.05, 3.63) is 35.9 Å². The Hall–Kier alpha value is -1.19. The molecule has 162 valence electrons. The van der Waals surface area contributed by atoms with Crippen molar-refractivity contribution < 1.29 is 9.53 Å².